The number of nitrogens with zero attached hydrogens (tertiary/aromatic N) is 1. The normalized spacial score (nSPS) is 26.8. The molecule has 2 amide bonds. The number of urea groups is 1. The van der Waals surface area contributed by atoms with Gasteiger partial charge in [-0.25, -0.2) is 4.79 Å². The third kappa shape index (κ3) is 3.19. The fourth-order valence-electron chi connectivity index (χ4n) is 3.64. The van der Waals surface area contributed by atoms with Gasteiger partial charge in [0.25, 0.3) is 0 Å². The van der Waals surface area contributed by atoms with Crippen LogP contribution in [0, 0.1) is 0 Å². The molecule has 2 heterocycles. The molecule has 1 aromatic carbocycles. The maximum atomic E-state index is 12.6. The Balaban J connectivity index is 1.62. The van der Waals surface area contributed by atoms with Crippen molar-refractivity contribution in [2.75, 3.05) is 18.2 Å². The van der Waals surface area contributed by atoms with Gasteiger partial charge in [-0.05, 0) is 63.1 Å². The number of ether oxygens (including phenoxy) is 1. The van der Waals surface area contributed by atoms with Crippen LogP contribution in [0.4, 0.5) is 10.5 Å². The minimum atomic E-state index is 0.0520. The predicted molar refractivity (Wildman–Crippen MR) is 91.8 cm³/mol. The molecule has 2 unspecified atom stereocenters. The third-order valence-corrected chi connectivity index (χ3v) is 5.73. The first-order valence-corrected chi connectivity index (χ1v) is 9.35. The topological polar surface area (TPSA) is 41.6 Å². The van der Waals surface area contributed by atoms with Crippen molar-refractivity contribution in [3.63, 3.8) is 0 Å². The van der Waals surface area contributed by atoms with Gasteiger partial charge in [0, 0.05) is 23.0 Å². The molecule has 0 aromatic heterocycles. The van der Waals surface area contributed by atoms with Gasteiger partial charge in [-0.15, -0.1) is 0 Å². The molecule has 2 aliphatic rings. The van der Waals surface area contributed by atoms with Crippen LogP contribution < -0.4 is 10.1 Å². The Morgan fingerprint density at radius 1 is 1.27 bits per heavy atom. The van der Waals surface area contributed by atoms with E-state index in [2.05, 4.69) is 16.5 Å². The molecule has 1 N–H and O–H groups in total. The smallest absolute Gasteiger partial charge is 0.322 e. The van der Waals surface area contributed by atoms with Gasteiger partial charge >= 0.3 is 6.03 Å². The van der Waals surface area contributed by atoms with Crippen molar-refractivity contribution in [3.8, 4) is 5.75 Å². The van der Waals surface area contributed by atoms with Gasteiger partial charge in [-0.2, -0.15) is 11.8 Å². The van der Waals surface area contributed by atoms with Gasteiger partial charge in [0.05, 0.1) is 6.61 Å². The first-order valence-electron chi connectivity index (χ1n) is 8.06. The number of carbonyl (C=O) groups excluding carboxylic acids is 1. The lowest BCUT2D eigenvalue weighted by Crippen LogP contribution is -2.49. The van der Waals surface area contributed by atoms with Gasteiger partial charge in [-0.3, -0.25) is 0 Å². The van der Waals surface area contributed by atoms with Crippen molar-refractivity contribution in [2.24, 2.45) is 0 Å². The van der Waals surface area contributed by atoms with E-state index in [1.165, 1.54) is 0 Å². The van der Waals surface area contributed by atoms with Gasteiger partial charge in [0.2, 0.25) is 0 Å². The van der Waals surface area contributed by atoms with Crippen molar-refractivity contribution in [1.82, 2.24) is 4.90 Å². The van der Waals surface area contributed by atoms with Gasteiger partial charge in [0.15, 0.2) is 0 Å². The summed E-state index contributed by atoms with van der Waals surface area (Å²) in [7, 11) is 0. The number of thioether (sulfide) groups is 1. The van der Waals surface area contributed by atoms with Crippen molar-refractivity contribution in [3.05, 3.63) is 24.3 Å². The summed E-state index contributed by atoms with van der Waals surface area (Å²) in [5.74, 6) is 0.835. The van der Waals surface area contributed by atoms with Crippen LogP contribution in [0.3, 0.4) is 0 Å². The first kappa shape index (κ1) is 15.5. The minimum absolute atomic E-state index is 0.0520. The summed E-state index contributed by atoms with van der Waals surface area (Å²) in [6.45, 7) is 2.61. The van der Waals surface area contributed by atoms with E-state index in [9.17, 15) is 4.79 Å². The molecular weight excluding hydrogens is 296 g/mol. The molecule has 1 aromatic rings. The highest BCUT2D eigenvalue weighted by Gasteiger charge is 2.42. The Labute approximate surface area is 136 Å². The molecule has 2 atom stereocenters. The number of rotatable bonds is 4. The van der Waals surface area contributed by atoms with E-state index >= 15 is 0 Å². The van der Waals surface area contributed by atoms with E-state index in [4.69, 9.17) is 4.74 Å². The number of anilines is 1. The molecule has 4 nitrogen and oxygen atoms in total. The summed E-state index contributed by atoms with van der Waals surface area (Å²) < 4.78 is 5.42. The second kappa shape index (κ2) is 6.82. The maximum absolute atomic E-state index is 12.6. The van der Waals surface area contributed by atoms with Crippen LogP contribution in [0.2, 0.25) is 0 Å². The first-order chi connectivity index (χ1) is 10.7. The molecule has 2 bridgehead atoms. The van der Waals surface area contributed by atoms with E-state index in [1.54, 1.807) is 0 Å². The highest BCUT2D eigenvalue weighted by molar-refractivity contribution is 7.99. The van der Waals surface area contributed by atoms with E-state index in [1.807, 2.05) is 43.0 Å². The Kier molecular flexibility index (Phi) is 4.81. The van der Waals surface area contributed by atoms with Crippen LogP contribution in [-0.2, 0) is 0 Å². The summed E-state index contributed by atoms with van der Waals surface area (Å²) in [5.41, 5.74) is 0.833. The zero-order chi connectivity index (χ0) is 15.5. The Hall–Kier alpha value is -1.36. The van der Waals surface area contributed by atoms with Crippen molar-refractivity contribution in [2.45, 2.75) is 49.9 Å². The monoisotopic (exact) mass is 320 g/mol. The Bertz CT molecular complexity index is 506. The van der Waals surface area contributed by atoms with Crippen molar-refractivity contribution in [1.29, 1.82) is 0 Å². The lowest BCUT2D eigenvalue weighted by Gasteiger charge is -2.38. The summed E-state index contributed by atoms with van der Waals surface area (Å²) in [6, 6.07) is 8.48. The van der Waals surface area contributed by atoms with Crippen LogP contribution in [0.5, 0.6) is 5.75 Å². The molecule has 22 heavy (non-hydrogen) atoms. The number of carbonyl (C=O) groups is 1. The number of amides is 2. The fourth-order valence-corrected chi connectivity index (χ4v) is 4.47. The molecular formula is C17H24N2O2S. The van der Waals surface area contributed by atoms with E-state index in [-0.39, 0.29) is 6.03 Å². The van der Waals surface area contributed by atoms with Crippen LogP contribution in [-0.4, -0.2) is 41.1 Å². The van der Waals surface area contributed by atoms with Crippen LogP contribution in [0.15, 0.2) is 24.3 Å². The van der Waals surface area contributed by atoms with Crippen LogP contribution in [0.1, 0.15) is 32.6 Å². The second-order valence-corrected chi connectivity index (χ2v) is 7.15. The quantitative estimate of drug-likeness (QED) is 0.912. The highest BCUT2D eigenvalue weighted by Crippen LogP contribution is 2.39. The lowest BCUT2D eigenvalue weighted by atomic mass is 10.0. The number of benzene rings is 1. The average Bonchev–Trinajstić information content (AvgIpc) is 2.80. The summed E-state index contributed by atoms with van der Waals surface area (Å²) >= 11 is 1.94. The second-order valence-electron chi connectivity index (χ2n) is 6.01. The minimum Gasteiger partial charge on any atom is -0.494 e. The molecule has 0 spiro atoms. The molecule has 120 valence electrons. The summed E-state index contributed by atoms with van der Waals surface area (Å²) in [4.78, 5) is 14.7. The number of hydrogen-bond acceptors (Lipinski definition) is 3. The molecule has 0 aliphatic carbocycles. The zero-order valence-corrected chi connectivity index (χ0v) is 14.1. The molecule has 2 saturated heterocycles. The number of piperidine rings is 1. The number of hydrogen-bond donors (Lipinski definition) is 1. The average molecular weight is 320 g/mol. The molecule has 0 saturated carbocycles. The summed E-state index contributed by atoms with van der Waals surface area (Å²) in [5, 5.41) is 3.75. The van der Waals surface area contributed by atoms with E-state index < -0.39 is 0 Å². The molecule has 0 radical (unpaired) electrons. The van der Waals surface area contributed by atoms with E-state index in [0.717, 1.165) is 37.1 Å². The number of fused-ring (bicyclic) bond motifs is 2. The summed E-state index contributed by atoms with van der Waals surface area (Å²) in [6.07, 6.45) is 6.75. The van der Waals surface area contributed by atoms with Gasteiger partial charge < -0.3 is 15.0 Å². The predicted octanol–water partition coefficient (Wildman–Crippen LogP) is 3.98. The van der Waals surface area contributed by atoms with Crippen LogP contribution >= 0.6 is 11.8 Å². The largest absolute Gasteiger partial charge is 0.494 e. The molecule has 3 rings (SSSR count). The lowest BCUT2D eigenvalue weighted by molar-refractivity contribution is 0.161. The number of nitrogens with one attached hydrogen (secondary N) is 1. The fraction of sp³-hybridized carbons (Fsp3) is 0.588. The maximum Gasteiger partial charge on any atom is 0.322 e. The van der Waals surface area contributed by atoms with Crippen molar-refractivity contribution < 1.29 is 9.53 Å². The SMILES string of the molecule is CCOc1ccc(NC(=O)N2C3CCC2CC(SC)C3)cc1. The molecule has 2 fully saturated rings. The molecule has 2 aliphatic heterocycles. The molecule has 5 heteroatoms. The Morgan fingerprint density at radius 2 is 1.91 bits per heavy atom. The van der Waals surface area contributed by atoms with Crippen LogP contribution in [0.25, 0.3) is 0 Å². The third-order valence-electron chi connectivity index (χ3n) is 4.67. The standard InChI is InChI=1S/C17H24N2O2S/c1-3-21-15-8-4-12(5-9-15)18-17(20)19-13-6-7-14(19)11-16(10-13)22-2/h4-5,8-9,13-14,16H,3,6-7,10-11H2,1-2H3,(H,18,20). The van der Waals surface area contributed by atoms with Crippen molar-refractivity contribution >= 4 is 23.5 Å². The Morgan fingerprint density at radius 3 is 2.45 bits per heavy atom. The van der Waals surface area contributed by atoms with E-state index in [0.29, 0.717) is 23.9 Å². The van der Waals surface area contributed by atoms with Gasteiger partial charge in [0.1, 0.15) is 5.75 Å². The van der Waals surface area contributed by atoms with Gasteiger partial charge in [-0.1, -0.05) is 0 Å². The highest BCUT2D eigenvalue weighted by atomic mass is 32.2. The zero-order valence-electron chi connectivity index (χ0n) is 13.2.